The Morgan fingerprint density at radius 3 is 2.15 bits per heavy atom. The quantitative estimate of drug-likeness (QED) is 0.369. The van der Waals surface area contributed by atoms with Crippen molar-refractivity contribution in [1.82, 2.24) is 0 Å². The van der Waals surface area contributed by atoms with Crippen molar-refractivity contribution >= 4 is 40.5 Å². The van der Waals surface area contributed by atoms with Crippen LogP contribution in [0.5, 0.6) is 5.75 Å². The Kier molecular flexibility index (Phi) is 8.33. The Morgan fingerprint density at radius 2 is 1.48 bits per heavy atom. The maximum Gasteiger partial charge on any atom is 0.262 e. The van der Waals surface area contributed by atoms with Gasteiger partial charge in [0.25, 0.3) is 5.91 Å². The van der Waals surface area contributed by atoms with Crippen molar-refractivity contribution in [2.24, 2.45) is 5.92 Å². The molecule has 3 N–H and O–H groups in total. The summed E-state index contributed by atoms with van der Waals surface area (Å²) in [4.78, 5) is 24.1. The Hall–Kier alpha value is -3.51. The smallest absolute Gasteiger partial charge is 0.262 e. The minimum atomic E-state index is -0.244. The number of benzene rings is 3. The molecule has 0 saturated heterocycles. The van der Waals surface area contributed by atoms with E-state index in [1.807, 2.05) is 69.3 Å². The zero-order chi connectivity index (χ0) is 23.8. The van der Waals surface area contributed by atoms with Gasteiger partial charge in [0.05, 0.1) is 0 Å². The molecule has 0 bridgehead atoms. The first-order valence-corrected chi connectivity index (χ1v) is 11.1. The molecule has 2 amide bonds. The van der Waals surface area contributed by atoms with Crippen LogP contribution in [0.25, 0.3) is 0 Å². The lowest BCUT2D eigenvalue weighted by molar-refractivity contribution is -0.119. The molecule has 0 aliphatic rings. The van der Waals surface area contributed by atoms with Crippen LogP contribution in [0.3, 0.4) is 0 Å². The summed E-state index contributed by atoms with van der Waals surface area (Å²) >= 11 is 6.17. The highest BCUT2D eigenvalue weighted by molar-refractivity contribution is 6.30. The molecule has 0 fully saturated rings. The SMILES string of the molecule is Cc1ccc(NC(=O)COc2ccc(Cl)cc2CNc2ccc(NC(=O)C(C)C)cc2)cc1. The third-order valence-corrected chi connectivity index (χ3v) is 5.11. The number of ether oxygens (including phenoxy) is 1. The molecule has 0 spiro atoms. The first-order chi connectivity index (χ1) is 15.8. The van der Waals surface area contributed by atoms with Gasteiger partial charge in [-0.15, -0.1) is 0 Å². The number of carbonyl (C=O) groups is 2. The molecule has 7 heteroatoms. The molecule has 6 nitrogen and oxygen atoms in total. The molecule has 0 unspecified atom stereocenters. The van der Waals surface area contributed by atoms with Crippen LogP contribution in [-0.2, 0) is 16.1 Å². The fraction of sp³-hybridized carbons (Fsp3) is 0.231. The van der Waals surface area contributed by atoms with Gasteiger partial charge in [-0.25, -0.2) is 0 Å². The number of hydrogen-bond acceptors (Lipinski definition) is 4. The van der Waals surface area contributed by atoms with E-state index in [0.29, 0.717) is 17.3 Å². The lowest BCUT2D eigenvalue weighted by Crippen LogP contribution is -2.20. The molecule has 0 aliphatic carbocycles. The van der Waals surface area contributed by atoms with Crippen LogP contribution in [0.15, 0.2) is 66.7 Å². The van der Waals surface area contributed by atoms with Gasteiger partial charge in [0.1, 0.15) is 5.75 Å². The van der Waals surface area contributed by atoms with E-state index in [4.69, 9.17) is 16.3 Å². The van der Waals surface area contributed by atoms with Gasteiger partial charge < -0.3 is 20.7 Å². The average molecular weight is 466 g/mol. The maximum atomic E-state index is 12.3. The van der Waals surface area contributed by atoms with Crippen molar-refractivity contribution in [2.45, 2.75) is 27.3 Å². The second-order valence-electron chi connectivity index (χ2n) is 8.03. The first-order valence-electron chi connectivity index (χ1n) is 10.7. The zero-order valence-corrected chi connectivity index (χ0v) is 19.7. The molecule has 0 radical (unpaired) electrons. The van der Waals surface area contributed by atoms with Crippen LogP contribution in [0.1, 0.15) is 25.0 Å². The van der Waals surface area contributed by atoms with E-state index in [1.54, 1.807) is 18.2 Å². The number of rotatable bonds is 9. The molecular formula is C26H28ClN3O3. The molecule has 0 atom stereocenters. The minimum absolute atomic E-state index is 0.0251. The van der Waals surface area contributed by atoms with E-state index < -0.39 is 0 Å². The lowest BCUT2D eigenvalue weighted by Gasteiger charge is -2.14. The van der Waals surface area contributed by atoms with Crippen molar-refractivity contribution in [1.29, 1.82) is 0 Å². The largest absolute Gasteiger partial charge is 0.483 e. The van der Waals surface area contributed by atoms with E-state index in [-0.39, 0.29) is 24.3 Å². The van der Waals surface area contributed by atoms with Gasteiger partial charge in [-0.05, 0) is 61.5 Å². The molecule has 0 aromatic heterocycles. The highest BCUT2D eigenvalue weighted by Crippen LogP contribution is 2.25. The Balaban J connectivity index is 1.57. The number of anilines is 3. The van der Waals surface area contributed by atoms with Crippen LogP contribution in [-0.4, -0.2) is 18.4 Å². The Labute approximate surface area is 199 Å². The zero-order valence-electron chi connectivity index (χ0n) is 18.9. The maximum absolute atomic E-state index is 12.3. The van der Waals surface area contributed by atoms with Gasteiger partial charge >= 0.3 is 0 Å². The van der Waals surface area contributed by atoms with E-state index in [9.17, 15) is 9.59 Å². The summed E-state index contributed by atoms with van der Waals surface area (Å²) < 4.78 is 5.77. The molecule has 0 heterocycles. The monoisotopic (exact) mass is 465 g/mol. The Morgan fingerprint density at radius 1 is 0.879 bits per heavy atom. The summed E-state index contributed by atoms with van der Waals surface area (Å²) in [6, 6.07) is 20.3. The number of carbonyl (C=O) groups excluding carboxylic acids is 2. The van der Waals surface area contributed by atoms with Gasteiger partial charge in [0.2, 0.25) is 5.91 Å². The van der Waals surface area contributed by atoms with Gasteiger partial charge in [-0.1, -0.05) is 43.1 Å². The van der Waals surface area contributed by atoms with Crippen LogP contribution in [0.2, 0.25) is 5.02 Å². The van der Waals surface area contributed by atoms with Gasteiger partial charge in [-0.3, -0.25) is 9.59 Å². The van der Waals surface area contributed by atoms with Crippen molar-refractivity contribution in [3.63, 3.8) is 0 Å². The van der Waals surface area contributed by atoms with Crippen LogP contribution in [0, 0.1) is 12.8 Å². The van der Waals surface area contributed by atoms with E-state index in [1.165, 1.54) is 0 Å². The third-order valence-electron chi connectivity index (χ3n) is 4.88. The Bertz CT molecular complexity index is 1100. The fourth-order valence-electron chi connectivity index (χ4n) is 2.96. The van der Waals surface area contributed by atoms with E-state index in [0.717, 1.165) is 28.2 Å². The molecule has 3 aromatic carbocycles. The van der Waals surface area contributed by atoms with Gasteiger partial charge in [0, 0.05) is 40.1 Å². The second kappa shape index (κ2) is 11.4. The van der Waals surface area contributed by atoms with Crippen LogP contribution >= 0.6 is 11.6 Å². The first kappa shape index (κ1) is 24.1. The van der Waals surface area contributed by atoms with E-state index in [2.05, 4.69) is 16.0 Å². The molecule has 172 valence electrons. The van der Waals surface area contributed by atoms with Crippen molar-refractivity contribution in [2.75, 3.05) is 22.6 Å². The summed E-state index contributed by atoms with van der Waals surface area (Å²) in [7, 11) is 0. The van der Waals surface area contributed by atoms with Crippen LogP contribution < -0.4 is 20.7 Å². The fourth-order valence-corrected chi connectivity index (χ4v) is 3.15. The van der Waals surface area contributed by atoms with Crippen molar-refractivity contribution < 1.29 is 14.3 Å². The molecular weight excluding hydrogens is 438 g/mol. The van der Waals surface area contributed by atoms with Crippen molar-refractivity contribution in [3.05, 3.63) is 82.9 Å². The summed E-state index contributed by atoms with van der Waals surface area (Å²) in [6.07, 6.45) is 0. The van der Waals surface area contributed by atoms with Gasteiger partial charge in [-0.2, -0.15) is 0 Å². The number of hydrogen-bond donors (Lipinski definition) is 3. The normalized spacial score (nSPS) is 10.6. The molecule has 33 heavy (non-hydrogen) atoms. The lowest BCUT2D eigenvalue weighted by atomic mass is 10.2. The number of aryl methyl sites for hydroxylation is 1. The van der Waals surface area contributed by atoms with Crippen LogP contribution in [0.4, 0.5) is 17.1 Å². The highest BCUT2D eigenvalue weighted by Gasteiger charge is 2.10. The minimum Gasteiger partial charge on any atom is -0.483 e. The summed E-state index contributed by atoms with van der Waals surface area (Å²) in [5.41, 5.74) is 4.28. The summed E-state index contributed by atoms with van der Waals surface area (Å²) in [5.74, 6) is 0.226. The topological polar surface area (TPSA) is 79.5 Å². The number of nitrogens with one attached hydrogen (secondary N) is 3. The van der Waals surface area contributed by atoms with Gasteiger partial charge in [0.15, 0.2) is 6.61 Å². The standard InChI is InChI=1S/C26H28ClN3O3/c1-17(2)26(32)30-23-11-9-21(10-12-23)28-15-19-14-20(27)6-13-24(19)33-16-25(31)29-22-7-4-18(3)5-8-22/h4-14,17,28H,15-16H2,1-3H3,(H,29,31)(H,30,32). The highest BCUT2D eigenvalue weighted by atomic mass is 35.5. The molecule has 0 saturated carbocycles. The predicted molar refractivity (Wildman–Crippen MR) is 134 cm³/mol. The summed E-state index contributed by atoms with van der Waals surface area (Å²) in [5, 5.41) is 9.57. The van der Waals surface area contributed by atoms with Crippen molar-refractivity contribution in [3.8, 4) is 5.75 Å². The molecule has 3 rings (SSSR count). The number of halogens is 1. The molecule has 3 aromatic rings. The average Bonchev–Trinajstić information content (AvgIpc) is 2.79. The predicted octanol–water partition coefficient (Wildman–Crippen LogP) is 5.87. The molecule has 0 aliphatic heterocycles. The summed E-state index contributed by atoms with van der Waals surface area (Å²) in [6.45, 7) is 6.02. The third kappa shape index (κ3) is 7.54. The second-order valence-corrected chi connectivity index (χ2v) is 8.47. The van der Waals surface area contributed by atoms with E-state index >= 15 is 0 Å². The number of amides is 2.